The number of phenolic OH excluding ortho intramolecular Hbond substituents is 1. The molecule has 1 atom stereocenters. The van der Waals surface area contributed by atoms with E-state index < -0.39 is 29.3 Å². The van der Waals surface area contributed by atoms with Crippen LogP contribution < -0.4 is 9.64 Å². The lowest BCUT2D eigenvalue weighted by Crippen LogP contribution is -2.29. The van der Waals surface area contributed by atoms with E-state index in [1.807, 2.05) is 0 Å². The highest BCUT2D eigenvalue weighted by molar-refractivity contribution is 6.51. The molecular weight excluding hydrogens is 449 g/mol. The van der Waals surface area contributed by atoms with Gasteiger partial charge in [-0.1, -0.05) is 23.7 Å². The number of methoxy groups -OCH3 is 1. The van der Waals surface area contributed by atoms with Gasteiger partial charge in [0.25, 0.3) is 11.7 Å². The van der Waals surface area contributed by atoms with Gasteiger partial charge < -0.3 is 14.9 Å². The Morgan fingerprint density at radius 1 is 1.06 bits per heavy atom. The van der Waals surface area contributed by atoms with E-state index in [-0.39, 0.29) is 33.3 Å². The zero-order valence-electron chi connectivity index (χ0n) is 17.7. The van der Waals surface area contributed by atoms with E-state index in [1.165, 1.54) is 60.5 Å². The van der Waals surface area contributed by atoms with Gasteiger partial charge in [-0.25, -0.2) is 4.39 Å². The van der Waals surface area contributed by atoms with Crippen molar-refractivity contribution in [2.75, 3.05) is 12.0 Å². The van der Waals surface area contributed by atoms with Crippen LogP contribution in [0.25, 0.3) is 5.76 Å². The van der Waals surface area contributed by atoms with Gasteiger partial charge >= 0.3 is 0 Å². The Bertz CT molecular complexity index is 1290. The molecule has 1 aliphatic heterocycles. The smallest absolute Gasteiger partial charge is 0.300 e. The molecule has 3 aromatic carbocycles. The standard InChI is InChI=1S/C25H19ClFNO5/c1-13-11-18(24(33-2)19(26)12-13)22(30)20-21(14-3-9-17(29)10-4-14)28(25(32)23(20)31)16-7-5-15(27)6-8-16/h3-12,21,29-30H,1-2H3/b22-20+. The Kier molecular flexibility index (Phi) is 5.82. The number of halogens is 2. The lowest BCUT2D eigenvalue weighted by Gasteiger charge is -2.25. The molecular formula is C25H19ClFNO5. The van der Waals surface area contributed by atoms with Crippen molar-refractivity contribution in [1.82, 2.24) is 0 Å². The van der Waals surface area contributed by atoms with E-state index in [0.29, 0.717) is 11.1 Å². The number of Topliss-reactive ketones (excluding diaryl/α,β-unsaturated/α-hetero) is 1. The summed E-state index contributed by atoms with van der Waals surface area (Å²) in [6.45, 7) is 1.76. The first-order valence-electron chi connectivity index (χ1n) is 9.93. The number of rotatable bonds is 4. The van der Waals surface area contributed by atoms with Crippen LogP contribution in [0, 0.1) is 12.7 Å². The molecule has 0 spiro atoms. The van der Waals surface area contributed by atoms with Crippen molar-refractivity contribution in [2.45, 2.75) is 13.0 Å². The third-order valence-electron chi connectivity index (χ3n) is 5.41. The van der Waals surface area contributed by atoms with E-state index in [9.17, 15) is 24.2 Å². The van der Waals surface area contributed by atoms with Gasteiger partial charge in [0, 0.05) is 5.69 Å². The summed E-state index contributed by atoms with van der Waals surface area (Å²) >= 11 is 6.28. The number of nitrogens with zero attached hydrogens (tertiary/aromatic N) is 1. The molecule has 0 aliphatic carbocycles. The highest BCUT2D eigenvalue weighted by Crippen LogP contribution is 2.44. The Hall–Kier alpha value is -3.84. The summed E-state index contributed by atoms with van der Waals surface area (Å²) in [4.78, 5) is 27.5. The van der Waals surface area contributed by atoms with Gasteiger partial charge in [-0.2, -0.15) is 0 Å². The monoisotopic (exact) mass is 467 g/mol. The maximum atomic E-state index is 13.5. The summed E-state index contributed by atoms with van der Waals surface area (Å²) in [5, 5.41) is 21.2. The summed E-state index contributed by atoms with van der Waals surface area (Å²) in [7, 11) is 1.38. The quantitative estimate of drug-likeness (QED) is 0.315. The molecule has 2 N–H and O–H groups in total. The van der Waals surface area contributed by atoms with Crippen LogP contribution in [-0.4, -0.2) is 29.0 Å². The summed E-state index contributed by atoms with van der Waals surface area (Å²) in [5.74, 6) is -2.63. The Labute approximate surface area is 194 Å². The molecule has 3 aromatic rings. The van der Waals surface area contributed by atoms with Crippen molar-refractivity contribution >= 4 is 34.7 Å². The fraction of sp³-hybridized carbons (Fsp3) is 0.120. The van der Waals surface area contributed by atoms with Gasteiger partial charge in [0.05, 0.1) is 29.3 Å². The number of carbonyl (C=O) groups excluding carboxylic acids is 2. The lowest BCUT2D eigenvalue weighted by atomic mass is 9.94. The fourth-order valence-corrected chi connectivity index (χ4v) is 4.28. The van der Waals surface area contributed by atoms with E-state index in [4.69, 9.17) is 16.3 Å². The van der Waals surface area contributed by atoms with E-state index in [1.54, 1.807) is 19.1 Å². The molecule has 1 amide bonds. The maximum absolute atomic E-state index is 13.5. The number of aryl methyl sites for hydroxylation is 1. The number of aliphatic hydroxyl groups is 1. The van der Waals surface area contributed by atoms with Crippen LogP contribution in [0.5, 0.6) is 11.5 Å². The van der Waals surface area contributed by atoms with Crippen molar-refractivity contribution in [3.63, 3.8) is 0 Å². The highest BCUT2D eigenvalue weighted by atomic mass is 35.5. The number of carbonyl (C=O) groups is 2. The molecule has 6 nitrogen and oxygen atoms in total. The van der Waals surface area contributed by atoms with Gasteiger partial charge in [0.15, 0.2) is 0 Å². The van der Waals surface area contributed by atoms with Crippen LogP contribution >= 0.6 is 11.6 Å². The van der Waals surface area contributed by atoms with Gasteiger partial charge in [-0.15, -0.1) is 0 Å². The molecule has 4 rings (SSSR count). The molecule has 8 heteroatoms. The normalized spacial score (nSPS) is 17.5. The average molecular weight is 468 g/mol. The summed E-state index contributed by atoms with van der Waals surface area (Å²) < 4.78 is 18.9. The van der Waals surface area contributed by atoms with Gasteiger partial charge in [-0.05, 0) is 66.6 Å². The third kappa shape index (κ3) is 3.91. The number of hydrogen-bond acceptors (Lipinski definition) is 5. The minimum absolute atomic E-state index is 0.00961. The largest absolute Gasteiger partial charge is 0.508 e. The molecule has 1 saturated heterocycles. The molecule has 1 heterocycles. The number of aromatic hydroxyl groups is 1. The van der Waals surface area contributed by atoms with Crippen molar-refractivity contribution in [1.29, 1.82) is 0 Å². The molecule has 0 aromatic heterocycles. The van der Waals surface area contributed by atoms with Crippen LogP contribution in [0.1, 0.15) is 22.7 Å². The molecule has 1 fully saturated rings. The van der Waals surface area contributed by atoms with Crippen LogP contribution in [0.3, 0.4) is 0 Å². The fourth-order valence-electron chi connectivity index (χ4n) is 3.93. The molecule has 0 radical (unpaired) electrons. The SMILES string of the molecule is COc1c(Cl)cc(C)cc1/C(O)=C1\C(=O)C(=O)N(c2ccc(F)cc2)C1c1ccc(O)cc1. The van der Waals surface area contributed by atoms with Gasteiger partial charge in [0.1, 0.15) is 23.1 Å². The van der Waals surface area contributed by atoms with Crippen LogP contribution in [0.4, 0.5) is 10.1 Å². The molecule has 168 valence electrons. The first-order chi connectivity index (χ1) is 15.7. The topological polar surface area (TPSA) is 87.1 Å². The van der Waals surface area contributed by atoms with Crippen molar-refractivity contribution in [3.05, 3.63) is 93.8 Å². The second kappa shape index (κ2) is 8.60. The Morgan fingerprint density at radius 3 is 2.30 bits per heavy atom. The summed E-state index contributed by atoms with van der Waals surface area (Å²) in [5.41, 5.74) is 1.40. The van der Waals surface area contributed by atoms with Crippen LogP contribution in [0.2, 0.25) is 5.02 Å². The number of phenols is 1. The number of anilines is 1. The summed E-state index contributed by atoms with van der Waals surface area (Å²) in [6.07, 6.45) is 0. The minimum Gasteiger partial charge on any atom is -0.508 e. The Balaban J connectivity index is 2.00. The molecule has 1 unspecified atom stereocenters. The minimum atomic E-state index is -1.04. The lowest BCUT2D eigenvalue weighted by molar-refractivity contribution is -0.132. The zero-order chi connectivity index (χ0) is 23.9. The number of aliphatic hydroxyl groups excluding tert-OH is 1. The van der Waals surface area contributed by atoms with Crippen LogP contribution in [-0.2, 0) is 9.59 Å². The average Bonchev–Trinajstić information content (AvgIpc) is 3.04. The number of benzene rings is 3. The van der Waals surface area contributed by atoms with Gasteiger partial charge in [0.2, 0.25) is 0 Å². The second-order valence-electron chi connectivity index (χ2n) is 7.56. The highest BCUT2D eigenvalue weighted by Gasteiger charge is 2.47. The van der Waals surface area contributed by atoms with Crippen molar-refractivity contribution < 1.29 is 28.9 Å². The number of amides is 1. The Morgan fingerprint density at radius 2 is 1.70 bits per heavy atom. The second-order valence-corrected chi connectivity index (χ2v) is 7.97. The van der Waals surface area contributed by atoms with Crippen molar-refractivity contribution in [3.8, 4) is 11.5 Å². The number of ether oxygens (including phenoxy) is 1. The van der Waals surface area contributed by atoms with Crippen LogP contribution in [0.15, 0.2) is 66.2 Å². The molecule has 0 bridgehead atoms. The van der Waals surface area contributed by atoms with E-state index in [2.05, 4.69) is 0 Å². The van der Waals surface area contributed by atoms with Gasteiger partial charge in [-0.3, -0.25) is 14.5 Å². The summed E-state index contributed by atoms with van der Waals surface area (Å²) in [6, 6.07) is 13.2. The number of hydrogen-bond donors (Lipinski definition) is 2. The van der Waals surface area contributed by atoms with Crippen molar-refractivity contribution in [2.24, 2.45) is 0 Å². The van der Waals surface area contributed by atoms with E-state index >= 15 is 0 Å². The predicted molar refractivity (Wildman–Crippen MR) is 122 cm³/mol. The van der Waals surface area contributed by atoms with E-state index in [0.717, 1.165) is 0 Å². The molecule has 33 heavy (non-hydrogen) atoms. The first kappa shape index (κ1) is 22.4. The predicted octanol–water partition coefficient (Wildman–Crippen LogP) is 5.13. The molecule has 0 saturated carbocycles. The number of ketones is 1. The first-order valence-corrected chi connectivity index (χ1v) is 10.3. The maximum Gasteiger partial charge on any atom is 0.300 e. The molecule has 1 aliphatic rings. The zero-order valence-corrected chi connectivity index (χ0v) is 18.4. The third-order valence-corrected chi connectivity index (χ3v) is 5.69.